The van der Waals surface area contributed by atoms with E-state index in [-0.39, 0.29) is 18.3 Å². The highest BCUT2D eigenvalue weighted by Gasteiger charge is 2.14. The van der Waals surface area contributed by atoms with Crippen LogP contribution in [-0.2, 0) is 6.54 Å². The van der Waals surface area contributed by atoms with Crippen molar-refractivity contribution < 1.29 is 8.81 Å². The second kappa shape index (κ2) is 4.12. The number of hydrogen-bond acceptors (Lipinski definition) is 3. The van der Waals surface area contributed by atoms with Crippen LogP contribution in [0.1, 0.15) is 5.69 Å². The van der Waals surface area contributed by atoms with Crippen molar-refractivity contribution >= 4 is 15.9 Å². The van der Waals surface area contributed by atoms with E-state index < -0.39 is 0 Å². The highest BCUT2D eigenvalue weighted by molar-refractivity contribution is 9.10. The Labute approximate surface area is 94.2 Å². The van der Waals surface area contributed by atoms with Crippen LogP contribution in [0.3, 0.4) is 0 Å². The number of nitrogens with two attached hydrogens (primary N) is 1. The van der Waals surface area contributed by atoms with E-state index in [1.54, 1.807) is 12.1 Å². The first-order chi connectivity index (χ1) is 7.22. The molecule has 1 aromatic heterocycles. The molecule has 2 rings (SSSR count). The Kier molecular flexibility index (Phi) is 2.83. The monoisotopic (exact) mass is 270 g/mol. The first-order valence-electron chi connectivity index (χ1n) is 4.31. The Morgan fingerprint density at radius 2 is 2.27 bits per heavy atom. The molecule has 0 atom stereocenters. The Morgan fingerprint density at radius 3 is 2.87 bits per heavy atom. The standard InChI is InChI=1S/C10H8BrFN2O/c11-7-2-1-3-8(12)9(7)10-14-6(4-13)5-15-10/h1-3,5H,4,13H2. The SMILES string of the molecule is NCc1coc(-c2c(F)cccc2Br)n1. The normalized spacial score (nSPS) is 10.6. The fraction of sp³-hybridized carbons (Fsp3) is 0.100. The van der Waals surface area contributed by atoms with Gasteiger partial charge in [0.2, 0.25) is 5.89 Å². The molecular formula is C10H8BrFN2O. The topological polar surface area (TPSA) is 52.0 Å². The lowest BCUT2D eigenvalue weighted by Crippen LogP contribution is -1.96. The number of aromatic nitrogens is 1. The molecule has 0 spiro atoms. The van der Waals surface area contributed by atoms with Gasteiger partial charge in [0.15, 0.2) is 0 Å². The van der Waals surface area contributed by atoms with Crippen molar-refractivity contribution in [2.75, 3.05) is 0 Å². The van der Waals surface area contributed by atoms with Gasteiger partial charge in [-0.15, -0.1) is 0 Å². The predicted molar refractivity (Wildman–Crippen MR) is 57.5 cm³/mol. The fourth-order valence-electron chi connectivity index (χ4n) is 1.22. The molecule has 0 unspecified atom stereocenters. The fourth-order valence-corrected chi connectivity index (χ4v) is 1.73. The third kappa shape index (κ3) is 1.93. The number of rotatable bonds is 2. The van der Waals surface area contributed by atoms with Gasteiger partial charge in [-0.05, 0) is 28.1 Å². The summed E-state index contributed by atoms with van der Waals surface area (Å²) in [6.07, 6.45) is 1.42. The predicted octanol–water partition coefficient (Wildman–Crippen LogP) is 2.70. The summed E-state index contributed by atoms with van der Waals surface area (Å²) in [5, 5.41) is 0. The molecule has 1 aromatic carbocycles. The average molecular weight is 271 g/mol. The van der Waals surface area contributed by atoms with Crippen molar-refractivity contribution in [1.29, 1.82) is 0 Å². The van der Waals surface area contributed by atoms with Gasteiger partial charge in [-0.3, -0.25) is 0 Å². The van der Waals surface area contributed by atoms with Gasteiger partial charge in [-0.25, -0.2) is 9.37 Å². The van der Waals surface area contributed by atoms with Crippen LogP contribution in [0.15, 0.2) is 33.4 Å². The second-order valence-electron chi connectivity index (χ2n) is 2.94. The number of nitrogens with zero attached hydrogens (tertiary/aromatic N) is 1. The minimum atomic E-state index is -0.380. The van der Waals surface area contributed by atoms with E-state index >= 15 is 0 Å². The van der Waals surface area contributed by atoms with Gasteiger partial charge < -0.3 is 10.2 Å². The number of oxazole rings is 1. The van der Waals surface area contributed by atoms with E-state index in [4.69, 9.17) is 10.2 Å². The summed E-state index contributed by atoms with van der Waals surface area (Å²) in [6, 6.07) is 4.69. The third-order valence-corrected chi connectivity index (χ3v) is 2.60. The molecule has 5 heteroatoms. The molecule has 0 radical (unpaired) electrons. The van der Waals surface area contributed by atoms with Crippen LogP contribution >= 0.6 is 15.9 Å². The molecule has 15 heavy (non-hydrogen) atoms. The van der Waals surface area contributed by atoms with E-state index in [1.807, 2.05) is 0 Å². The summed E-state index contributed by atoms with van der Waals surface area (Å²) in [5.41, 5.74) is 6.30. The van der Waals surface area contributed by atoms with Crippen LogP contribution in [0.5, 0.6) is 0 Å². The average Bonchev–Trinajstić information content (AvgIpc) is 2.66. The molecule has 0 bridgehead atoms. The smallest absolute Gasteiger partial charge is 0.230 e. The van der Waals surface area contributed by atoms with Crippen molar-refractivity contribution in [1.82, 2.24) is 4.98 Å². The molecule has 0 aliphatic heterocycles. The zero-order valence-electron chi connectivity index (χ0n) is 7.71. The lowest BCUT2D eigenvalue weighted by atomic mass is 10.2. The Morgan fingerprint density at radius 1 is 1.47 bits per heavy atom. The van der Waals surface area contributed by atoms with Crippen molar-refractivity contribution in [2.45, 2.75) is 6.54 Å². The lowest BCUT2D eigenvalue weighted by Gasteiger charge is -2.00. The summed E-state index contributed by atoms with van der Waals surface area (Å²) in [7, 11) is 0. The van der Waals surface area contributed by atoms with Crippen molar-refractivity contribution in [3.63, 3.8) is 0 Å². The van der Waals surface area contributed by atoms with Crippen LogP contribution in [0.4, 0.5) is 4.39 Å². The maximum absolute atomic E-state index is 13.5. The zero-order valence-corrected chi connectivity index (χ0v) is 9.29. The molecule has 0 aliphatic rings. The molecule has 1 heterocycles. The van der Waals surface area contributed by atoms with E-state index in [2.05, 4.69) is 20.9 Å². The van der Waals surface area contributed by atoms with Crippen LogP contribution in [0.25, 0.3) is 11.5 Å². The van der Waals surface area contributed by atoms with Gasteiger partial charge >= 0.3 is 0 Å². The molecule has 3 nitrogen and oxygen atoms in total. The number of benzene rings is 1. The van der Waals surface area contributed by atoms with Crippen LogP contribution in [0.2, 0.25) is 0 Å². The molecule has 0 aliphatic carbocycles. The van der Waals surface area contributed by atoms with Crippen LogP contribution in [-0.4, -0.2) is 4.98 Å². The first-order valence-corrected chi connectivity index (χ1v) is 5.10. The highest BCUT2D eigenvalue weighted by atomic mass is 79.9. The van der Waals surface area contributed by atoms with Crippen molar-refractivity contribution in [3.05, 3.63) is 40.4 Å². The van der Waals surface area contributed by atoms with Gasteiger partial charge in [0, 0.05) is 11.0 Å². The van der Waals surface area contributed by atoms with E-state index in [1.165, 1.54) is 12.3 Å². The van der Waals surface area contributed by atoms with Crippen molar-refractivity contribution in [3.8, 4) is 11.5 Å². The summed E-state index contributed by atoms with van der Waals surface area (Å²) in [5.74, 6) is -0.143. The van der Waals surface area contributed by atoms with Gasteiger partial charge in [0.1, 0.15) is 12.1 Å². The zero-order chi connectivity index (χ0) is 10.8. The highest BCUT2D eigenvalue weighted by Crippen LogP contribution is 2.29. The molecule has 0 fully saturated rings. The largest absolute Gasteiger partial charge is 0.444 e. The molecule has 2 aromatic rings. The Bertz CT molecular complexity index is 464. The van der Waals surface area contributed by atoms with Crippen LogP contribution in [0, 0.1) is 5.82 Å². The van der Waals surface area contributed by atoms with Gasteiger partial charge in [0.05, 0.1) is 11.3 Å². The summed E-state index contributed by atoms with van der Waals surface area (Å²) in [6.45, 7) is 0.273. The molecule has 0 amide bonds. The molecule has 78 valence electrons. The molecule has 0 saturated heterocycles. The summed E-state index contributed by atoms with van der Waals surface area (Å²) in [4.78, 5) is 4.06. The molecule has 0 saturated carbocycles. The van der Waals surface area contributed by atoms with Gasteiger partial charge in [-0.2, -0.15) is 0 Å². The van der Waals surface area contributed by atoms with E-state index in [0.717, 1.165) is 0 Å². The maximum atomic E-state index is 13.5. The third-order valence-electron chi connectivity index (χ3n) is 1.94. The van der Waals surface area contributed by atoms with Gasteiger partial charge in [0.25, 0.3) is 0 Å². The quantitative estimate of drug-likeness (QED) is 0.913. The lowest BCUT2D eigenvalue weighted by molar-refractivity contribution is 0.560. The summed E-state index contributed by atoms with van der Waals surface area (Å²) >= 11 is 3.24. The number of hydrogen-bond donors (Lipinski definition) is 1. The molecular weight excluding hydrogens is 263 g/mol. The van der Waals surface area contributed by atoms with Gasteiger partial charge in [-0.1, -0.05) is 6.07 Å². The van der Waals surface area contributed by atoms with E-state index in [0.29, 0.717) is 15.7 Å². The Hall–Kier alpha value is -1.20. The number of halogens is 2. The Balaban J connectivity index is 2.53. The minimum absolute atomic E-state index is 0.237. The first kappa shape index (κ1) is 10.3. The maximum Gasteiger partial charge on any atom is 0.230 e. The summed E-state index contributed by atoms with van der Waals surface area (Å²) < 4.78 is 19.2. The van der Waals surface area contributed by atoms with Crippen LogP contribution < -0.4 is 5.73 Å². The molecule has 2 N–H and O–H groups in total. The van der Waals surface area contributed by atoms with Crippen molar-refractivity contribution in [2.24, 2.45) is 5.73 Å². The second-order valence-corrected chi connectivity index (χ2v) is 3.80. The minimum Gasteiger partial charge on any atom is -0.444 e. The van der Waals surface area contributed by atoms with E-state index in [9.17, 15) is 4.39 Å².